The molecular formula is C18H25N3O4. The number of esters is 1. The minimum Gasteiger partial charge on any atom is -0.459 e. The van der Waals surface area contributed by atoms with Crippen molar-refractivity contribution in [1.82, 2.24) is 15.0 Å². The first kappa shape index (κ1) is 16.5. The van der Waals surface area contributed by atoms with Crippen molar-refractivity contribution in [3.05, 3.63) is 11.7 Å². The number of aromatic nitrogens is 2. The molecule has 4 aliphatic rings. The van der Waals surface area contributed by atoms with Gasteiger partial charge in [-0.1, -0.05) is 5.16 Å². The van der Waals surface area contributed by atoms with Gasteiger partial charge >= 0.3 is 5.97 Å². The van der Waals surface area contributed by atoms with Crippen LogP contribution < -0.4 is 0 Å². The van der Waals surface area contributed by atoms with E-state index in [1.165, 1.54) is 6.92 Å². The summed E-state index contributed by atoms with van der Waals surface area (Å²) >= 11 is 0. The van der Waals surface area contributed by atoms with Crippen LogP contribution in [0.3, 0.4) is 0 Å². The zero-order valence-corrected chi connectivity index (χ0v) is 15.1. The van der Waals surface area contributed by atoms with E-state index in [4.69, 9.17) is 9.26 Å². The summed E-state index contributed by atoms with van der Waals surface area (Å²) in [5.41, 5.74) is -0.850. The molecule has 0 aromatic carbocycles. The van der Waals surface area contributed by atoms with Crippen molar-refractivity contribution in [2.45, 2.75) is 64.5 Å². The van der Waals surface area contributed by atoms with Gasteiger partial charge in [-0.05, 0) is 50.9 Å². The van der Waals surface area contributed by atoms with Gasteiger partial charge in [0.15, 0.2) is 5.82 Å². The van der Waals surface area contributed by atoms with Gasteiger partial charge in [-0.25, -0.2) is 0 Å². The monoisotopic (exact) mass is 347 g/mol. The van der Waals surface area contributed by atoms with Crippen LogP contribution in [0.15, 0.2) is 4.52 Å². The van der Waals surface area contributed by atoms with E-state index in [2.05, 4.69) is 10.1 Å². The number of hydrogen-bond acceptors (Lipinski definition) is 6. The highest BCUT2D eigenvalue weighted by Gasteiger charge is 2.62. The van der Waals surface area contributed by atoms with E-state index in [0.29, 0.717) is 36.5 Å². The Bertz CT molecular complexity index is 699. The van der Waals surface area contributed by atoms with Gasteiger partial charge in [0.05, 0.1) is 12.0 Å². The van der Waals surface area contributed by atoms with Crippen LogP contribution >= 0.6 is 0 Å². The van der Waals surface area contributed by atoms with E-state index in [0.717, 1.165) is 32.1 Å². The van der Waals surface area contributed by atoms with Crippen LogP contribution in [0.5, 0.6) is 0 Å². The summed E-state index contributed by atoms with van der Waals surface area (Å²) in [6.07, 6.45) is 5.43. The molecule has 136 valence electrons. The second-order valence-corrected chi connectivity index (χ2v) is 8.41. The molecule has 4 bridgehead atoms. The molecule has 0 radical (unpaired) electrons. The summed E-state index contributed by atoms with van der Waals surface area (Å²) in [5, 5.41) is 3.78. The van der Waals surface area contributed by atoms with Gasteiger partial charge in [-0.2, -0.15) is 4.98 Å². The van der Waals surface area contributed by atoms with Crippen molar-refractivity contribution in [2.75, 3.05) is 7.05 Å². The fourth-order valence-corrected chi connectivity index (χ4v) is 5.94. The van der Waals surface area contributed by atoms with Gasteiger partial charge in [0.2, 0.25) is 11.8 Å². The van der Waals surface area contributed by atoms with Crippen LogP contribution in [0, 0.1) is 24.2 Å². The smallest absolute Gasteiger partial charge is 0.303 e. The number of carbonyl (C=O) groups is 2. The number of rotatable bonds is 4. The molecule has 4 fully saturated rings. The molecule has 1 amide bonds. The molecule has 1 aromatic heterocycles. The summed E-state index contributed by atoms with van der Waals surface area (Å²) in [5.74, 6) is 1.85. The summed E-state index contributed by atoms with van der Waals surface area (Å²) in [6, 6.07) is 0. The molecule has 0 saturated heterocycles. The highest BCUT2D eigenvalue weighted by atomic mass is 16.6. The Hall–Kier alpha value is -1.92. The summed E-state index contributed by atoms with van der Waals surface area (Å²) < 4.78 is 10.9. The molecule has 1 heterocycles. The lowest BCUT2D eigenvalue weighted by atomic mass is 9.47. The van der Waals surface area contributed by atoms with Crippen LogP contribution in [0.2, 0.25) is 0 Å². The van der Waals surface area contributed by atoms with E-state index in [-0.39, 0.29) is 11.9 Å². The zero-order chi connectivity index (χ0) is 17.8. The van der Waals surface area contributed by atoms with E-state index >= 15 is 0 Å². The number of nitrogens with zero attached hydrogens (tertiary/aromatic N) is 3. The molecule has 0 spiro atoms. The number of aryl methyl sites for hydroxylation is 1. The van der Waals surface area contributed by atoms with Gasteiger partial charge in [0.1, 0.15) is 5.60 Å². The Kier molecular flexibility index (Phi) is 3.67. The van der Waals surface area contributed by atoms with E-state index < -0.39 is 11.0 Å². The van der Waals surface area contributed by atoms with Gasteiger partial charge in [0, 0.05) is 20.4 Å². The predicted octanol–water partition coefficient (Wildman–Crippen LogP) is 2.24. The lowest BCUT2D eigenvalue weighted by Crippen LogP contribution is -2.61. The van der Waals surface area contributed by atoms with E-state index in [1.807, 2.05) is 0 Å². The van der Waals surface area contributed by atoms with Gasteiger partial charge in [-0.3, -0.25) is 9.59 Å². The molecule has 0 unspecified atom stereocenters. The Balaban J connectivity index is 1.56. The maximum atomic E-state index is 13.3. The highest BCUT2D eigenvalue weighted by Crippen LogP contribution is 2.63. The van der Waals surface area contributed by atoms with Gasteiger partial charge in [-0.15, -0.1) is 0 Å². The predicted molar refractivity (Wildman–Crippen MR) is 87.1 cm³/mol. The van der Waals surface area contributed by atoms with Gasteiger partial charge < -0.3 is 14.2 Å². The summed E-state index contributed by atoms with van der Waals surface area (Å²) in [7, 11) is 1.79. The zero-order valence-electron chi connectivity index (χ0n) is 15.1. The Morgan fingerprint density at radius 3 is 2.52 bits per heavy atom. The van der Waals surface area contributed by atoms with Crippen molar-refractivity contribution in [3.8, 4) is 0 Å². The summed E-state index contributed by atoms with van der Waals surface area (Å²) in [4.78, 5) is 30.9. The van der Waals surface area contributed by atoms with Gasteiger partial charge in [0.25, 0.3) is 0 Å². The van der Waals surface area contributed by atoms with E-state index in [9.17, 15) is 9.59 Å². The Labute approximate surface area is 147 Å². The van der Waals surface area contributed by atoms with Crippen molar-refractivity contribution >= 4 is 11.9 Å². The van der Waals surface area contributed by atoms with Crippen molar-refractivity contribution < 1.29 is 18.8 Å². The third-order valence-electron chi connectivity index (χ3n) is 6.11. The molecule has 4 saturated carbocycles. The SMILES string of the molecule is CC(=O)OC12C[C@H]3C[C@H](C1)CC(C(=O)N(C)Cc1nc(C)no1)(C3)C2. The third-order valence-corrected chi connectivity index (χ3v) is 6.11. The summed E-state index contributed by atoms with van der Waals surface area (Å²) in [6.45, 7) is 3.55. The molecule has 2 atom stereocenters. The molecular weight excluding hydrogens is 322 g/mol. The lowest BCUT2D eigenvalue weighted by Gasteiger charge is -2.60. The quantitative estimate of drug-likeness (QED) is 0.777. The van der Waals surface area contributed by atoms with Crippen LogP contribution in [0.25, 0.3) is 0 Å². The first-order valence-corrected chi connectivity index (χ1v) is 9.04. The number of carbonyl (C=O) groups excluding carboxylic acids is 2. The van der Waals surface area contributed by atoms with Crippen molar-refractivity contribution in [2.24, 2.45) is 17.3 Å². The third kappa shape index (κ3) is 2.83. The van der Waals surface area contributed by atoms with Crippen molar-refractivity contribution in [1.29, 1.82) is 0 Å². The molecule has 0 N–H and O–H groups in total. The highest BCUT2D eigenvalue weighted by molar-refractivity contribution is 5.83. The van der Waals surface area contributed by atoms with E-state index in [1.54, 1.807) is 18.9 Å². The van der Waals surface area contributed by atoms with Crippen LogP contribution in [0.4, 0.5) is 0 Å². The molecule has 1 aromatic rings. The molecule has 7 heteroatoms. The second kappa shape index (κ2) is 5.54. The maximum Gasteiger partial charge on any atom is 0.303 e. The van der Waals surface area contributed by atoms with Crippen LogP contribution in [-0.2, 0) is 20.9 Å². The lowest BCUT2D eigenvalue weighted by molar-refractivity contribution is -0.205. The Morgan fingerprint density at radius 2 is 1.96 bits per heavy atom. The maximum absolute atomic E-state index is 13.3. The standard InChI is InChI=1S/C18H25N3O4/c1-11-19-15(25-20-11)9-21(3)16(23)17-5-13-4-14(6-17)8-18(7-13,10-17)24-12(2)22/h13-14H,4-10H2,1-3H3/t13-,14-,17?,18?/m0/s1. The average molecular weight is 347 g/mol. The van der Waals surface area contributed by atoms with Crippen LogP contribution in [0.1, 0.15) is 57.2 Å². The minimum atomic E-state index is -0.437. The molecule has 5 rings (SSSR count). The average Bonchev–Trinajstić information content (AvgIpc) is 2.88. The number of hydrogen-bond donors (Lipinski definition) is 0. The molecule has 25 heavy (non-hydrogen) atoms. The molecule has 0 aliphatic heterocycles. The molecule has 7 nitrogen and oxygen atoms in total. The number of amides is 1. The fraction of sp³-hybridized carbons (Fsp3) is 0.778. The first-order valence-electron chi connectivity index (χ1n) is 9.04. The Morgan fingerprint density at radius 1 is 1.28 bits per heavy atom. The fourth-order valence-electron chi connectivity index (χ4n) is 5.94. The molecule has 4 aliphatic carbocycles. The normalized spacial score (nSPS) is 35.6. The topological polar surface area (TPSA) is 85.5 Å². The minimum absolute atomic E-state index is 0.119. The first-order chi connectivity index (χ1) is 11.8. The number of ether oxygens (including phenoxy) is 1. The second-order valence-electron chi connectivity index (χ2n) is 8.41. The van der Waals surface area contributed by atoms with Crippen molar-refractivity contribution in [3.63, 3.8) is 0 Å². The van der Waals surface area contributed by atoms with Crippen LogP contribution in [-0.4, -0.2) is 39.6 Å². The largest absolute Gasteiger partial charge is 0.459 e.